The molecule has 1 rings (SSSR count). The first-order valence-corrected chi connectivity index (χ1v) is 20.7. The van der Waals surface area contributed by atoms with Gasteiger partial charge in [0.15, 0.2) is 6.29 Å². The van der Waals surface area contributed by atoms with Crippen LogP contribution < -0.4 is 5.32 Å². The van der Waals surface area contributed by atoms with Crippen molar-refractivity contribution in [3.8, 4) is 0 Å². The molecule has 0 aromatic carbocycles. The van der Waals surface area contributed by atoms with Crippen LogP contribution in [-0.2, 0) is 14.3 Å². The highest BCUT2D eigenvalue weighted by molar-refractivity contribution is 5.76. The SMILES string of the molecule is CCCCCC/C=C\CCCCCCCCCC(=O)NC(COC1OC(CO)C(O)C(O)C1O)C(O)/C=C/CC/C=C/CCCCCCCCC. The van der Waals surface area contributed by atoms with Gasteiger partial charge in [0, 0.05) is 6.42 Å². The number of nitrogens with one attached hydrogen (secondary N) is 1. The molecule has 1 saturated heterocycles. The Labute approximate surface area is 311 Å². The summed E-state index contributed by atoms with van der Waals surface area (Å²) in [5.41, 5.74) is 0. The Morgan fingerprint density at radius 3 is 1.67 bits per heavy atom. The number of aliphatic hydroxyl groups excluding tert-OH is 5. The molecule has 0 spiro atoms. The van der Waals surface area contributed by atoms with Gasteiger partial charge in [0.05, 0.1) is 25.4 Å². The zero-order valence-corrected chi connectivity index (χ0v) is 32.4. The van der Waals surface area contributed by atoms with Gasteiger partial charge in [-0.2, -0.15) is 0 Å². The highest BCUT2D eigenvalue weighted by atomic mass is 16.7. The lowest BCUT2D eigenvalue weighted by atomic mass is 9.99. The fourth-order valence-electron chi connectivity index (χ4n) is 6.28. The predicted molar refractivity (Wildman–Crippen MR) is 207 cm³/mol. The number of rotatable bonds is 33. The molecule has 0 saturated carbocycles. The van der Waals surface area contributed by atoms with Crippen molar-refractivity contribution < 1.29 is 39.8 Å². The van der Waals surface area contributed by atoms with E-state index < -0.39 is 49.5 Å². The van der Waals surface area contributed by atoms with Gasteiger partial charge in [0.25, 0.3) is 0 Å². The van der Waals surface area contributed by atoms with Crippen molar-refractivity contribution in [3.63, 3.8) is 0 Å². The molecule has 7 atom stereocenters. The van der Waals surface area contributed by atoms with Gasteiger partial charge in [-0.15, -0.1) is 0 Å². The van der Waals surface area contributed by atoms with Gasteiger partial charge in [-0.3, -0.25) is 4.79 Å². The number of carbonyl (C=O) groups excluding carboxylic acids is 1. The molecule has 1 aliphatic rings. The molecule has 1 amide bonds. The van der Waals surface area contributed by atoms with E-state index in [1.165, 1.54) is 96.3 Å². The normalized spacial score (nSPS) is 22.4. The zero-order chi connectivity index (χ0) is 37.4. The Morgan fingerprint density at radius 1 is 0.647 bits per heavy atom. The third kappa shape index (κ3) is 24.4. The number of unbranched alkanes of at least 4 members (excludes halogenated alkanes) is 19. The minimum absolute atomic E-state index is 0.195. The summed E-state index contributed by atoms with van der Waals surface area (Å²) >= 11 is 0. The summed E-state index contributed by atoms with van der Waals surface area (Å²) in [4.78, 5) is 12.9. The van der Waals surface area contributed by atoms with Gasteiger partial charge >= 0.3 is 0 Å². The lowest BCUT2D eigenvalue weighted by Gasteiger charge is -2.40. The predicted octanol–water partition coefficient (Wildman–Crippen LogP) is 7.72. The van der Waals surface area contributed by atoms with Crippen molar-refractivity contribution in [1.29, 1.82) is 0 Å². The van der Waals surface area contributed by atoms with Gasteiger partial charge in [-0.1, -0.05) is 140 Å². The van der Waals surface area contributed by atoms with Crippen LogP contribution in [0.15, 0.2) is 36.5 Å². The first-order valence-electron chi connectivity index (χ1n) is 20.7. The van der Waals surface area contributed by atoms with E-state index in [-0.39, 0.29) is 12.5 Å². The van der Waals surface area contributed by atoms with Crippen molar-refractivity contribution in [1.82, 2.24) is 5.32 Å². The van der Waals surface area contributed by atoms with E-state index in [1.54, 1.807) is 6.08 Å². The Bertz CT molecular complexity index is 894. The summed E-state index contributed by atoms with van der Waals surface area (Å²) in [6.45, 7) is 3.71. The van der Waals surface area contributed by atoms with Crippen LogP contribution in [0.3, 0.4) is 0 Å². The summed E-state index contributed by atoms with van der Waals surface area (Å²) in [5, 5.41) is 54.0. The fourth-order valence-corrected chi connectivity index (χ4v) is 6.28. The smallest absolute Gasteiger partial charge is 0.220 e. The molecule has 0 aromatic heterocycles. The van der Waals surface area contributed by atoms with Crippen molar-refractivity contribution in [2.45, 2.75) is 211 Å². The maximum Gasteiger partial charge on any atom is 0.220 e. The van der Waals surface area contributed by atoms with E-state index >= 15 is 0 Å². The number of amides is 1. The molecular formula is C42H77NO8. The third-order valence-corrected chi connectivity index (χ3v) is 9.69. The van der Waals surface area contributed by atoms with E-state index in [1.807, 2.05) is 6.08 Å². The second-order valence-corrected chi connectivity index (χ2v) is 14.4. The fraction of sp³-hybridized carbons (Fsp3) is 0.833. The molecule has 1 heterocycles. The maximum atomic E-state index is 12.9. The van der Waals surface area contributed by atoms with E-state index in [4.69, 9.17) is 9.47 Å². The number of hydrogen-bond donors (Lipinski definition) is 6. The molecule has 51 heavy (non-hydrogen) atoms. The van der Waals surface area contributed by atoms with Gasteiger partial charge < -0.3 is 40.3 Å². The van der Waals surface area contributed by atoms with E-state index in [2.05, 4.69) is 43.5 Å². The van der Waals surface area contributed by atoms with Crippen molar-refractivity contribution in [3.05, 3.63) is 36.5 Å². The van der Waals surface area contributed by atoms with Gasteiger partial charge in [-0.25, -0.2) is 0 Å². The maximum absolute atomic E-state index is 12.9. The molecule has 298 valence electrons. The Morgan fingerprint density at radius 2 is 1.12 bits per heavy atom. The van der Waals surface area contributed by atoms with Crippen LogP contribution in [0.5, 0.6) is 0 Å². The van der Waals surface area contributed by atoms with Crippen molar-refractivity contribution in [2.75, 3.05) is 13.2 Å². The number of hydrogen-bond acceptors (Lipinski definition) is 8. The third-order valence-electron chi connectivity index (χ3n) is 9.69. The van der Waals surface area contributed by atoms with Crippen LogP contribution in [-0.4, -0.2) is 87.5 Å². The van der Waals surface area contributed by atoms with E-state index in [9.17, 15) is 30.3 Å². The number of allylic oxidation sites excluding steroid dienone is 5. The lowest BCUT2D eigenvalue weighted by Crippen LogP contribution is -2.60. The van der Waals surface area contributed by atoms with Gasteiger partial charge in [-0.05, 0) is 57.8 Å². The number of ether oxygens (including phenoxy) is 2. The quantitative estimate of drug-likeness (QED) is 0.0298. The molecule has 1 fully saturated rings. The largest absolute Gasteiger partial charge is 0.394 e. The summed E-state index contributed by atoms with van der Waals surface area (Å²) in [7, 11) is 0. The summed E-state index contributed by atoms with van der Waals surface area (Å²) in [6, 6.07) is -0.820. The Hall–Kier alpha value is -1.59. The minimum Gasteiger partial charge on any atom is -0.394 e. The average Bonchev–Trinajstić information content (AvgIpc) is 3.13. The number of carbonyl (C=O) groups is 1. The molecule has 7 unspecified atom stereocenters. The highest BCUT2D eigenvalue weighted by Crippen LogP contribution is 2.22. The van der Waals surface area contributed by atoms with Gasteiger partial charge in [0.2, 0.25) is 5.91 Å². The summed E-state index contributed by atoms with van der Waals surface area (Å²) < 4.78 is 11.2. The zero-order valence-electron chi connectivity index (χ0n) is 32.4. The Balaban J connectivity index is 2.45. The van der Waals surface area contributed by atoms with Crippen LogP contribution in [0.2, 0.25) is 0 Å². The standard InChI is InChI=1S/C42H77NO8/c1-3-5-7-9-11-13-15-17-18-20-22-24-26-28-30-32-38(46)43-35(34-50-42-41(49)40(48)39(47)37(33-44)51-42)36(45)31-29-27-25-23-21-19-16-14-12-10-8-6-4-2/h13,15,21,23,29,31,35-37,39-42,44-45,47-49H,3-12,14,16-20,22,24-28,30,32-34H2,1-2H3,(H,43,46)/b15-13-,23-21+,31-29+. The second-order valence-electron chi connectivity index (χ2n) is 14.4. The second kappa shape index (κ2) is 33.0. The molecule has 6 N–H and O–H groups in total. The average molecular weight is 724 g/mol. The van der Waals surface area contributed by atoms with Crippen LogP contribution in [0.1, 0.15) is 168 Å². The molecular weight excluding hydrogens is 646 g/mol. The van der Waals surface area contributed by atoms with Crippen LogP contribution in [0, 0.1) is 0 Å². The van der Waals surface area contributed by atoms with E-state index in [0.717, 1.165) is 51.4 Å². The molecule has 9 heteroatoms. The Kier molecular flexibility index (Phi) is 30.7. The summed E-state index contributed by atoms with van der Waals surface area (Å²) in [5.74, 6) is -0.195. The highest BCUT2D eigenvalue weighted by Gasteiger charge is 2.44. The molecule has 1 aliphatic heterocycles. The molecule has 0 aromatic rings. The van der Waals surface area contributed by atoms with Crippen LogP contribution in [0.25, 0.3) is 0 Å². The van der Waals surface area contributed by atoms with Crippen molar-refractivity contribution >= 4 is 5.91 Å². The molecule has 0 bridgehead atoms. The van der Waals surface area contributed by atoms with Crippen LogP contribution in [0.4, 0.5) is 0 Å². The topological polar surface area (TPSA) is 149 Å². The molecule has 9 nitrogen and oxygen atoms in total. The first-order chi connectivity index (χ1) is 24.8. The van der Waals surface area contributed by atoms with Crippen LogP contribution >= 0.6 is 0 Å². The molecule has 0 aliphatic carbocycles. The summed E-state index contributed by atoms with van der Waals surface area (Å²) in [6.07, 6.45) is 31.8. The lowest BCUT2D eigenvalue weighted by molar-refractivity contribution is -0.302. The first kappa shape index (κ1) is 47.4. The van der Waals surface area contributed by atoms with Crippen molar-refractivity contribution in [2.24, 2.45) is 0 Å². The monoisotopic (exact) mass is 724 g/mol. The molecule has 0 radical (unpaired) electrons. The van der Waals surface area contributed by atoms with Gasteiger partial charge in [0.1, 0.15) is 24.4 Å². The van der Waals surface area contributed by atoms with E-state index in [0.29, 0.717) is 6.42 Å². The number of aliphatic hydroxyl groups is 5. The minimum atomic E-state index is -1.57.